The highest BCUT2D eigenvalue weighted by Crippen LogP contribution is 2.20. The summed E-state index contributed by atoms with van der Waals surface area (Å²) in [5.41, 5.74) is 12.9. The van der Waals surface area contributed by atoms with Crippen molar-refractivity contribution in [1.29, 1.82) is 0 Å². The number of nitrogen functional groups attached to an aromatic ring is 1. The molecule has 0 bridgehead atoms. The lowest BCUT2D eigenvalue weighted by molar-refractivity contribution is -0.130. The lowest BCUT2D eigenvalue weighted by Gasteiger charge is -2.15. The van der Waals surface area contributed by atoms with Gasteiger partial charge in [-0.15, -0.1) is 0 Å². The minimum Gasteiger partial charge on any atom is -0.384 e. The summed E-state index contributed by atoms with van der Waals surface area (Å²) >= 11 is 5.90. The van der Waals surface area contributed by atoms with Crippen LogP contribution in [-0.2, 0) is 16.1 Å². The minimum absolute atomic E-state index is 0.224. The van der Waals surface area contributed by atoms with Crippen molar-refractivity contribution in [2.75, 3.05) is 5.73 Å². The largest absolute Gasteiger partial charge is 0.384 e. The Morgan fingerprint density at radius 3 is 2.65 bits per heavy atom. The van der Waals surface area contributed by atoms with Gasteiger partial charge in [0.25, 0.3) is 0 Å². The van der Waals surface area contributed by atoms with Gasteiger partial charge in [0.1, 0.15) is 11.7 Å². The third-order valence-corrected chi connectivity index (χ3v) is 3.63. The Morgan fingerprint density at radius 2 is 2.04 bits per heavy atom. The van der Waals surface area contributed by atoms with E-state index in [-0.39, 0.29) is 6.54 Å². The fourth-order valence-electron chi connectivity index (χ4n) is 2.21. The number of aryl methyl sites for hydroxylation is 1. The molecule has 0 aliphatic heterocycles. The number of hydrogen-bond donors (Lipinski definition) is 3. The molecule has 2 rings (SSSR count). The van der Waals surface area contributed by atoms with E-state index in [0.717, 1.165) is 5.56 Å². The topological polar surface area (TPSA) is 111 Å². The van der Waals surface area contributed by atoms with Crippen molar-refractivity contribution < 1.29 is 9.59 Å². The predicted octanol–water partition coefficient (Wildman–Crippen LogP) is 1.51. The monoisotopic (exact) mass is 332 g/mol. The second-order valence-corrected chi connectivity index (χ2v) is 5.53. The normalized spacial score (nSPS) is 11.7. The maximum atomic E-state index is 12.3. The summed E-state index contributed by atoms with van der Waals surface area (Å²) in [6, 6.07) is 9.93. The quantitative estimate of drug-likeness (QED) is 0.720. The van der Waals surface area contributed by atoms with Gasteiger partial charge in [0, 0.05) is 17.3 Å². The van der Waals surface area contributed by atoms with Crippen molar-refractivity contribution in [2.24, 2.45) is 5.73 Å². The average molecular weight is 333 g/mol. The molecule has 0 radical (unpaired) electrons. The van der Waals surface area contributed by atoms with E-state index < -0.39 is 17.7 Å². The van der Waals surface area contributed by atoms with Gasteiger partial charge in [-0.1, -0.05) is 29.8 Å². The molecule has 2 amide bonds. The van der Waals surface area contributed by atoms with E-state index in [2.05, 4.69) is 10.3 Å². The van der Waals surface area contributed by atoms with Crippen molar-refractivity contribution in [2.45, 2.75) is 19.4 Å². The molecule has 0 saturated heterocycles. The number of anilines is 1. The lowest BCUT2D eigenvalue weighted by Crippen LogP contribution is -2.36. The number of carbonyl (C=O) groups excluding carboxylic acids is 2. The second kappa shape index (κ2) is 7.11. The molecule has 2 aromatic rings. The number of amides is 2. The Bertz CT molecular complexity index is 749. The van der Waals surface area contributed by atoms with Gasteiger partial charge in [0.15, 0.2) is 0 Å². The number of nitrogens with one attached hydrogen (secondary N) is 1. The Kier molecular flexibility index (Phi) is 5.18. The zero-order valence-electron chi connectivity index (χ0n) is 12.5. The highest BCUT2D eigenvalue weighted by Gasteiger charge is 2.26. The molecule has 0 unspecified atom stereocenters. The third kappa shape index (κ3) is 4.20. The number of pyridine rings is 1. The minimum atomic E-state index is -1.10. The van der Waals surface area contributed by atoms with Crippen LogP contribution in [0.25, 0.3) is 0 Å². The van der Waals surface area contributed by atoms with E-state index in [0.29, 0.717) is 22.1 Å². The molecule has 0 saturated carbocycles. The zero-order chi connectivity index (χ0) is 17.0. The molecule has 0 aliphatic carbocycles. The summed E-state index contributed by atoms with van der Waals surface area (Å²) in [6.45, 7) is 2.02. The number of carbonyl (C=O) groups is 2. The molecule has 23 heavy (non-hydrogen) atoms. The number of primary amides is 1. The molecule has 0 spiro atoms. The van der Waals surface area contributed by atoms with Gasteiger partial charge < -0.3 is 16.8 Å². The van der Waals surface area contributed by atoms with Gasteiger partial charge in [-0.3, -0.25) is 9.59 Å². The molecule has 5 N–H and O–H groups in total. The number of hydrogen-bond acceptors (Lipinski definition) is 4. The first-order valence-corrected chi connectivity index (χ1v) is 7.30. The first kappa shape index (κ1) is 16.8. The van der Waals surface area contributed by atoms with Crippen molar-refractivity contribution in [1.82, 2.24) is 10.3 Å². The third-order valence-electron chi connectivity index (χ3n) is 3.40. The molecule has 1 aromatic heterocycles. The van der Waals surface area contributed by atoms with Crippen LogP contribution in [0.3, 0.4) is 0 Å². The Labute approximate surface area is 138 Å². The van der Waals surface area contributed by atoms with E-state index in [9.17, 15) is 9.59 Å². The van der Waals surface area contributed by atoms with Gasteiger partial charge in [0.2, 0.25) is 11.8 Å². The number of rotatable bonds is 5. The lowest BCUT2D eigenvalue weighted by atomic mass is 9.97. The second-order valence-electron chi connectivity index (χ2n) is 5.09. The number of nitrogens with two attached hydrogens (primary N) is 2. The van der Waals surface area contributed by atoms with Crippen LogP contribution in [-0.4, -0.2) is 16.8 Å². The Balaban J connectivity index is 2.14. The summed E-state index contributed by atoms with van der Waals surface area (Å²) in [5.74, 6) is -1.92. The summed E-state index contributed by atoms with van der Waals surface area (Å²) in [5, 5.41) is 3.13. The smallest absolute Gasteiger partial charge is 0.237 e. The van der Waals surface area contributed by atoms with E-state index >= 15 is 0 Å². The highest BCUT2D eigenvalue weighted by atomic mass is 35.5. The number of nitrogens with zero attached hydrogens (tertiary/aromatic N) is 1. The maximum Gasteiger partial charge on any atom is 0.237 e. The van der Waals surface area contributed by atoms with Crippen molar-refractivity contribution in [3.8, 4) is 0 Å². The maximum absolute atomic E-state index is 12.3. The average Bonchev–Trinajstić information content (AvgIpc) is 2.46. The van der Waals surface area contributed by atoms with Gasteiger partial charge in [-0.2, -0.15) is 0 Å². The van der Waals surface area contributed by atoms with E-state index in [1.54, 1.807) is 43.3 Å². The molecule has 120 valence electrons. The van der Waals surface area contributed by atoms with Gasteiger partial charge in [0.05, 0.1) is 0 Å². The van der Waals surface area contributed by atoms with Gasteiger partial charge in [-0.05, 0) is 36.2 Å². The molecular formula is C16H17ClN4O2. The highest BCUT2D eigenvalue weighted by molar-refractivity contribution is 6.30. The molecule has 7 heteroatoms. The molecule has 0 aliphatic rings. The molecule has 6 nitrogen and oxygen atoms in total. The molecule has 0 fully saturated rings. The van der Waals surface area contributed by atoms with Crippen LogP contribution >= 0.6 is 11.6 Å². The van der Waals surface area contributed by atoms with E-state index in [4.69, 9.17) is 23.1 Å². The van der Waals surface area contributed by atoms with Crippen LogP contribution in [0.2, 0.25) is 5.02 Å². The number of benzene rings is 1. The molecule has 1 atom stereocenters. The summed E-state index contributed by atoms with van der Waals surface area (Å²) in [7, 11) is 0. The van der Waals surface area contributed by atoms with Crippen molar-refractivity contribution in [3.63, 3.8) is 0 Å². The predicted molar refractivity (Wildman–Crippen MR) is 88.6 cm³/mol. The fraction of sp³-hybridized carbons (Fsp3) is 0.188. The van der Waals surface area contributed by atoms with Crippen LogP contribution in [0.15, 0.2) is 36.4 Å². The van der Waals surface area contributed by atoms with E-state index in [1.165, 1.54) is 0 Å². The van der Waals surface area contributed by atoms with Gasteiger partial charge in [-0.25, -0.2) is 4.98 Å². The molecule has 1 heterocycles. The fourth-order valence-corrected chi connectivity index (χ4v) is 2.41. The molecular weight excluding hydrogens is 316 g/mol. The van der Waals surface area contributed by atoms with Crippen molar-refractivity contribution >= 4 is 29.2 Å². The van der Waals surface area contributed by atoms with Crippen LogP contribution < -0.4 is 16.8 Å². The number of halogens is 1. The van der Waals surface area contributed by atoms with Crippen LogP contribution in [0.4, 0.5) is 5.82 Å². The standard InChI is InChI=1S/C16H17ClN4O2/c1-9-11(5-6-13(18)21-9)8-20-16(23)14(15(19)22)10-3-2-4-12(17)7-10/h2-7,14H,8H2,1H3,(H2,18,21)(H2,19,22)(H,20,23)/t14-/m1/s1. The Morgan fingerprint density at radius 1 is 1.30 bits per heavy atom. The van der Waals surface area contributed by atoms with Crippen molar-refractivity contribution in [3.05, 3.63) is 58.2 Å². The van der Waals surface area contributed by atoms with Crippen LogP contribution in [0.1, 0.15) is 22.7 Å². The Hall–Kier alpha value is -2.60. The van der Waals surface area contributed by atoms with E-state index in [1.807, 2.05) is 0 Å². The summed E-state index contributed by atoms with van der Waals surface area (Å²) < 4.78 is 0. The molecule has 1 aromatic carbocycles. The van der Waals surface area contributed by atoms with Gasteiger partial charge >= 0.3 is 0 Å². The summed E-state index contributed by atoms with van der Waals surface area (Å²) in [6.07, 6.45) is 0. The number of aromatic nitrogens is 1. The zero-order valence-corrected chi connectivity index (χ0v) is 13.3. The summed E-state index contributed by atoms with van der Waals surface area (Å²) in [4.78, 5) is 28.1. The van der Waals surface area contributed by atoms with Crippen LogP contribution in [0.5, 0.6) is 0 Å². The van der Waals surface area contributed by atoms with Crippen LogP contribution in [0, 0.1) is 6.92 Å². The SMILES string of the molecule is Cc1nc(N)ccc1CNC(=O)[C@@H](C(N)=O)c1cccc(Cl)c1. The first-order chi connectivity index (χ1) is 10.9. The first-order valence-electron chi connectivity index (χ1n) is 6.93.